The monoisotopic (exact) mass is 253 g/mol. The number of anilines is 1. The second-order valence-electron chi connectivity index (χ2n) is 4.76. The fourth-order valence-corrected chi connectivity index (χ4v) is 1.63. The van der Waals surface area contributed by atoms with Crippen molar-refractivity contribution in [1.29, 1.82) is 0 Å². The molecule has 0 fully saturated rings. The molecule has 18 heavy (non-hydrogen) atoms. The van der Waals surface area contributed by atoms with E-state index in [0.29, 0.717) is 6.61 Å². The van der Waals surface area contributed by atoms with Crippen molar-refractivity contribution in [2.24, 2.45) is 0 Å². The van der Waals surface area contributed by atoms with Crippen LogP contribution in [0.5, 0.6) is 0 Å². The molecule has 1 N–H and O–H groups in total. The molecule has 0 unspecified atom stereocenters. The van der Waals surface area contributed by atoms with Crippen LogP contribution in [0, 0.1) is 19.7 Å². The summed E-state index contributed by atoms with van der Waals surface area (Å²) in [6, 6.07) is 3.04. The Morgan fingerprint density at radius 1 is 1.39 bits per heavy atom. The Balaban J connectivity index is 2.99. The van der Waals surface area contributed by atoms with E-state index in [4.69, 9.17) is 4.74 Å². The van der Waals surface area contributed by atoms with Crippen molar-refractivity contribution in [3.05, 3.63) is 29.1 Å². The first-order chi connectivity index (χ1) is 8.29. The molecule has 100 valence electrons. The molecule has 0 aromatic heterocycles. The lowest BCUT2D eigenvalue weighted by atomic mass is 10.1. The number of halogens is 1. The summed E-state index contributed by atoms with van der Waals surface area (Å²) in [5.41, 5.74) is 0.918. The van der Waals surface area contributed by atoms with E-state index in [-0.39, 0.29) is 11.6 Å². The zero-order chi connectivity index (χ0) is 13.9. The first-order valence-electron chi connectivity index (χ1n) is 6.00. The van der Waals surface area contributed by atoms with Crippen LogP contribution in [0.2, 0.25) is 0 Å². The minimum Gasteiger partial charge on any atom is -0.366 e. The third kappa shape index (κ3) is 3.07. The van der Waals surface area contributed by atoms with Gasteiger partial charge in [0, 0.05) is 6.61 Å². The lowest BCUT2D eigenvalue weighted by molar-refractivity contribution is -0.136. The van der Waals surface area contributed by atoms with Crippen LogP contribution in [-0.2, 0) is 9.53 Å². The van der Waals surface area contributed by atoms with Crippen LogP contribution >= 0.6 is 0 Å². The molecular weight excluding hydrogens is 233 g/mol. The van der Waals surface area contributed by atoms with E-state index in [2.05, 4.69) is 5.32 Å². The Labute approximate surface area is 107 Å². The van der Waals surface area contributed by atoms with Gasteiger partial charge in [0.1, 0.15) is 11.4 Å². The maximum Gasteiger partial charge on any atom is 0.256 e. The summed E-state index contributed by atoms with van der Waals surface area (Å²) >= 11 is 0. The molecule has 1 amide bonds. The number of nitrogens with one attached hydrogen (secondary N) is 1. The number of hydrogen-bond acceptors (Lipinski definition) is 2. The summed E-state index contributed by atoms with van der Waals surface area (Å²) < 4.78 is 19.0. The zero-order valence-corrected chi connectivity index (χ0v) is 11.6. The van der Waals surface area contributed by atoms with Gasteiger partial charge >= 0.3 is 0 Å². The Hall–Kier alpha value is -1.42. The average Bonchev–Trinajstić information content (AvgIpc) is 2.29. The summed E-state index contributed by atoms with van der Waals surface area (Å²) in [4.78, 5) is 12.0. The molecule has 1 aromatic rings. The van der Waals surface area contributed by atoms with Crippen molar-refractivity contribution in [3.8, 4) is 0 Å². The highest BCUT2D eigenvalue weighted by molar-refractivity contribution is 5.97. The molecule has 0 radical (unpaired) electrons. The molecule has 4 heteroatoms. The second-order valence-corrected chi connectivity index (χ2v) is 4.76. The van der Waals surface area contributed by atoms with Crippen LogP contribution < -0.4 is 5.32 Å². The zero-order valence-electron chi connectivity index (χ0n) is 11.6. The number of benzene rings is 1. The number of hydrogen-bond donors (Lipinski definition) is 1. The summed E-state index contributed by atoms with van der Waals surface area (Å²) in [6.07, 6.45) is 0. The van der Waals surface area contributed by atoms with E-state index >= 15 is 0 Å². The third-order valence-corrected chi connectivity index (χ3v) is 2.98. The first-order valence-corrected chi connectivity index (χ1v) is 6.00. The number of amides is 1. The summed E-state index contributed by atoms with van der Waals surface area (Å²) in [5, 5.41) is 2.61. The molecule has 0 aliphatic carbocycles. The molecule has 1 aromatic carbocycles. The molecule has 0 aliphatic rings. The van der Waals surface area contributed by atoms with Crippen LogP contribution in [0.25, 0.3) is 0 Å². The Kier molecular flexibility index (Phi) is 4.46. The van der Waals surface area contributed by atoms with Crippen LogP contribution in [0.3, 0.4) is 0 Å². The third-order valence-electron chi connectivity index (χ3n) is 2.98. The topological polar surface area (TPSA) is 38.3 Å². The maximum atomic E-state index is 13.7. The predicted octanol–water partition coefficient (Wildman–Crippen LogP) is 3.20. The number of carbonyl (C=O) groups excluding carboxylic acids is 1. The van der Waals surface area contributed by atoms with Gasteiger partial charge in [0.15, 0.2) is 0 Å². The molecule has 0 heterocycles. The molecule has 0 atom stereocenters. The molecule has 0 saturated carbocycles. The summed E-state index contributed by atoms with van der Waals surface area (Å²) in [7, 11) is 0. The highest BCUT2D eigenvalue weighted by atomic mass is 19.1. The summed E-state index contributed by atoms with van der Waals surface area (Å²) in [6.45, 7) is 9.22. The van der Waals surface area contributed by atoms with Crippen LogP contribution in [0.1, 0.15) is 31.9 Å². The van der Waals surface area contributed by atoms with Gasteiger partial charge in [0.2, 0.25) is 0 Å². The fraction of sp³-hybridized carbons (Fsp3) is 0.500. The van der Waals surface area contributed by atoms with Crippen molar-refractivity contribution >= 4 is 11.6 Å². The van der Waals surface area contributed by atoms with Crippen molar-refractivity contribution in [1.82, 2.24) is 0 Å². The quantitative estimate of drug-likeness (QED) is 0.894. The van der Waals surface area contributed by atoms with Crippen LogP contribution in [0.4, 0.5) is 10.1 Å². The minimum atomic E-state index is -0.975. The fourth-order valence-electron chi connectivity index (χ4n) is 1.63. The van der Waals surface area contributed by atoms with Crippen molar-refractivity contribution in [2.75, 3.05) is 11.9 Å². The van der Waals surface area contributed by atoms with Crippen molar-refractivity contribution in [3.63, 3.8) is 0 Å². The number of aryl methyl sites for hydroxylation is 1. The van der Waals surface area contributed by atoms with E-state index in [1.165, 1.54) is 6.07 Å². The van der Waals surface area contributed by atoms with Crippen LogP contribution in [-0.4, -0.2) is 18.1 Å². The normalized spacial score (nSPS) is 11.4. The van der Waals surface area contributed by atoms with Gasteiger partial charge in [-0.25, -0.2) is 4.39 Å². The first kappa shape index (κ1) is 14.6. The lowest BCUT2D eigenvalue weighted by Crippen LogP contribution is -2.40. The molecule has 0 bridgehead atoms. The van der Waals surface area contributed by atoms with Crippen molar-refractivity contribution < 1.29 is 13.9 Å². The van der Waals surface area contributed by atoms with Gasteiger partial charge in [0.05, 0.1) is 5.69 Å². The molecular formula is C14H20FNO2. The highest BCUT2D eigenvalue weighted by Crippen LogP contribution is 2.24. The van der Waals surface area contributed by atoms with Gasteiger partial charge in [-0.05, 0) is 51.8 Å². The number of carbonyl (C=O) groups is 1. The van der Waals surface area contributed by atoms with Gasteiger partial charge in [0.25, 0.3) is 5.91 Å². The Bertz CT molecular complexity index is 455. The van der Waals surface area contributed by atoms with Gasteiger partial charge in [-0.15, -0.1) is 0 Å². The molecule has 0 saturated heterocycles. The van der Waals surface area contributed by atoms with E-state index in [0.717, 1.165) is 11.1 Å². The molecule has 3 nitrogen and oxygen atoms in total. The van der Waals surface area contributed by atoms with Gasteiger partial charge in [-0.1, -0.05) is 6.07 Å². The SMILES string of the molecule is CCOC(C)(C)C(=O)Nc1c(F)ccc(C)c1C. The van der Waals surface area contributed by atoms with E-state index < -0.39 is 11.4 Å². The van der Waals surface area contributed by atoms with E-state index in [1.807, 2.05) is 13.8 Å². The maximum absolute atomic E-state index is 13.7. The number of rotatable bonds is 4. The molecule has 0 aliphatic heterocycles. The van der Waals surface area contributed by atoms with Gasteiger partial charge in [-0.3, -0.25) is 4.79 Å². The molecule has 1 rings (SSSR count). The van der Waals surface area contributed by atoms with E-state index in [1.54, 1.807) is 26.8 Å². The lowest BCUT2D eigenvalue weighted by Gasteiger charge is -2.24. The van der Waals surface area contributed by atoms with Crippen LogP contribution in [0.15, 0.2) is 12.1 Å². The standard InChI is InChI=1S/C14H20FNO2/c1-6-18-14(4,5)13(17)16-12-10(3)9(2)7-8-11(12)15/h7-8H,6H2,1-5H3,(H,16,17). The van der Waals surface area contributed by atoms with Crippen molar-refractivity contribution in [2.45, 2.75) is 40.2 Å². The summed E-state index contributed by atoms with van der Waals surface area (Å²) in [5.74, 6) is -0.782. The highest BCUT2D eigenvalue weighted by Gasteiger charge is 2.29. The Morgan fingerprint density at radius 3 is 2.56 bits per heavy atom. The van der Waals surface area contributed by atoms with Gasteiger partial charge in [-0.2, -0.15) is 0 Å². The average molecular weight is 253 g/mol. The largest absolute Gasteiger partial charge is 0.366 e. The predicted molar refractivity (Wildman–Crippen MR) is 70.2 cm³/mol. The number of ether oxygens (including phenoxy) is 1. The second kappa shape index (κ2) is 5.48. The smallest absolute Gasteiger partial charge is 0.256 e. The Morgan fingerprint density at radius 2 is 2.00 bits per heavy atom. The van der Waals surface area contributed by atoms with Gasteiger partial charge < -0.3 is 10.1 Å². The minimum absolute atomic E-state index is 0.229. The van der Waals surface area contributed by atoms with E-state index in [9.17, 15) is 9.18 Å². The molecule has 0 spiro atoms.